The van der Waals surface area contributed by atoms with Crippen molar-refractivity contribution in [3.05, 3.63) is 29.8 Å². The molecule has 3 N–H and O–H groups in total. The van der Waals surface area contributed by atoms with Gasteiger partial charge in [0.25, 0.3) is 5.91 Å². The Morgan fingerprint density at radius 3 is 2.55 bits per heavy atom. The van der Waals surface area contributed by atoms with Crippen molar-refractivity contribution in [3.63, 3.8) is 0 Å². The minimum absolute atomic E-state index is 0. The molecular weight excluding hydrogens is 481 g/mol. The Balaban J connectivity index is 0.00000240. The first-order chi connectivity index (χ1) is 13.4. The maximum absolute atomic E-state index is 12.8. The summed E-state index contributed by atoms with van der Waals surface area (Å²) < 4.78 is 0. The maximum Gasteiger partial charge on any atom is 0.329 e. The molecule has 2 unspecified atom stereocenters. The molecule has 0 radical (unpaired) electrons. The van der Waals surface area contributed by atoms with E-state index in [4.69, 9.17) is 5.73 Å². The summed E-state index contributed by atoms with van der Waals surface area (Å²) in [7, 11) is 0. The van der Waals surface area contributed by atoms with Crippen molar-refractivity contribution < 1.29 is 9.59 Å². The van der Waals surface area contributed by atoms with E-state index >= 15 is 0 Å². The van der Waals surface area contributed by atoms with E-state index in [1.807, 2.05) is 19.1 Å². The van der Waals surface area contributed by atoms with Gasteiger partial charge in [0.2, 0.25) is 0 Å². The summed E-state index contributed by atoms with van der Waals surface area (Å²) in [4.78, 5) is 33.1. The normalized spacial score (nSPS) is 27.7. The molecule has 158 valence electrons. The van der Waals surface area contributed by atoms with Crippen LogP contribution in [0.1, 0.15) is 45.1 Å². The highest BCUT2D eigenvalue weighted by Gasteiger charge is 2.56. The Bertz CT molecular complexity index is 808. The number of urea groups is 1. The monoisotopic (exact) mass is 511 g/mol. The van der Waals surface area contributed by atoms with E-state index in [9.17, 15) is 9.59 Å². The summed E-state index contributed by atoms with van der Waals surface area (Å²) in [6.07, 6.45) is 4.38. The quantitative estimate of drug-likeness (QED) is 0.282. The summed E-state index contributed by atoms with van der Waals surface area (Å²) in [5, 5.41) is 2.88. The smallest absolute Gasteiger partial charge is 0.329 e. The van der Waals surface area contributed by atoms with Crippen LogP contribution in [0.5, 0.6) is 0 Å². The number of likely N-dealkylation sites (tertiary alicyclic amines) is 1. The van der Waals surface area contributed by atoms with Crippen LogP contribution >= 0.6 is 24.0 Å². The number of hydrogen-bond donors (Lipinski definition) is 2. The maximum atomic E-state index is 12.8. The number of anilines is 1. The first-order valence-corrected chi connectivity index (χ1v) is 10.2. The van der Waals surface area contributed by atoms with Gasteiger partial charge in [0, 0.05) is 13.1 Å². The molecular formula is C21H30IN5O2. The molecule has 1 aromatic rings. The van der Waals surface area contributed by atoms with Crippen LogP contribution in [0.15, 0.2) is 29.3 Å². The van der Waals surface area contributed by atoms with Gasteiger partial charge in [-0.05, 0) is 62.1 Å². The number of benzene rings is 1. The Morgan fingerprint density at radius 1 is 1.24 bits per heavy atom. The van der Waals surface area contributed by atoms with Gasteiger partial charge in [0.15, 0.2) is 5.96 Å². The van der Waals surface area contributed by atoms with E-state index in [-0.39, 0.29) is 41.8 Å². The second-order valence-electron chi connectivity index (χ2n) is 8.58. The predicted octanol–water partition coefficient (Wildman–Crippen LogP) is 3.08. The average Bonchev–Trinajstić information content (AvgIpc) is 3.49. The third kappa shape index (κ3) is 4.36. The summed E-state index contributed by atoms with van der Waals surface area (Å²) in [5.41, 5.74) is 6.98. The van der Waals surface area contributed by atoms with Crippen LogP contribution in [-0.2, 0) is 11.3 Å². The lowest BCUT2D eigenvalue weighted by molar-refractivity contribution is -0.122. The van der Waals surface area contributed by atoms with Gasteiger partial charge in [-0.15, -0.1) is 24.0 Å². The van der Waals surface area contributed by atoms with E-state index in [1.165, 1.54) is 11.3 Å². The second kappa shape index (κ2) is 8.49. The van der Waals surface area contributed by atoms with Crippen LogP contribution in [0, 0.1) is 11.8 Å². The minimum Gasteiger partial charge on any atom is -0.370 e. The molecule has 3 amide bonds. The van der Waals surface area contributed by atoms with Gasteiger partial charge in [0.05, 0.1) is 12.2 Å². The molecule has 8 heteroatoms. The zero-order valence-electron chi connectivity index (χ0n) is 17.1. The van der Waals surface area contributed by atoms with Gasteiger partial charge in [0.1, 0.15) is 5.54 Å². The number of piperidine rings is 1. The van der Waals surface area contributed by atoms with Crippen LogP contribution in [0.3, 0.4) is 0 Å². The fourth-order valence-corrected chi connectivity index (χ4v) is 4.25. The van der Waals surface area contributed by atoms with Gasteiger partial charge in [-0.3, -0.25) is 4.79 Å². The standard InChI is InChI=1S/C21H29N5O2.HI/c1-14-4-3-11-25(13-14)19(22)23-12-15-5-9-17(10-6-15)26-18(27)21(2,16-7-8-16)24-20(26)28;/h5-6,9-10,14,16H,3-4,7-8,11-13H2,1-2H3,(H2,22,23)(H,24,28);1H. The molecule has 0 aromatic heterocycles. The number of amides is 3. The molecule has 0 spiro atoms. The third-order valence-corrected chi connectivity index (χ3v) is 6.21. The highest BCUT2D eigenvalue weighted by atomic mass is 127. The largest absolute Gasteiger partial charge is 0.370 e. The zero-order chi connectivity index (χ0) is 19.9. The van der Waals surface area contributed by atoms with E-state index in [0.717, 1.165) is 37.9 Å². The average molecular weight is 511 g/mol. The van der Waals surface area contributed by atoms with Crippen LogP contribution in [0.4, 0.5) is 10.5 Å². The van der Waals surface area contributed by atoms with Crippen molar-refractivity contribution >= 4 is 47.6 Å². The predicted molar refractivity (Wildman–Crippen MR) is 124 cm³/mol. The number of nitrogens with zero attached hydrogens (tertiary/aromatic N) is 3. The van der Waals surface area contributed by atoms with Crippen LogP contribution in [0.2, 0.25) is 0 Å². The number of nitrogens with two attached hydrogens (primary N) is 1. The number of guanidine groups is 1. The Kier molecular flexibility index (Phi) is 6.40. The molecule has 2 atom stereocenters. The molecule has 2 heterocycles. The molecule has 2 saturated heterocycles. The lowest BCUT2D eigenvalue weighted by Gasteiger charge is -2.31. The van der Waals surface area contributed by atoms with Gasteiger partial charge in [-0.2, -0.15) is 0 Å². The first kappa shape index (κ1) is 21.9. The van der Waals surface area contributed by atoms with Crippen molar-refractivity contribution in [2.75, 3.05) is 18.0 Å². The number of nitrogens with one attached hydrogen (secondary N) is 1. The van der Waals surface area contributed by atoms with Crippen molar-refractivity contribution in [1.82, 2.24) is 10.2 Å². The number of halogens is 1. The number of rotatable bonds is 4. The Labute approximate surface area is 189 Å². The molecule has 29 heavy (non-hydrogen) atoms. The van der Waals surface area contributed by atoms with Gasteiger partial charge in [-0.1, -0.05) is 19.1 Å². The van der Waals surface area contributed by atoms with Crippen molar-refractivity contribution in [1.29, 1.82) is 0 Å². The number of hydrogen-bond acceptors (Lipinski definition) is 3. The second-order valence-corrected chi connectivity index (χ2v) is 8.58. The van der Waals surface area contributed by atoms with Crippen LogP contribution in [-0.4, -0.2) is 41.4 Å². The van der Waals surface area contributed by atoms with E-state index < -0.39 is 5.54 Å². The molecule has 1 aromatic carbocycles. The lowest BCUT2D eigenvalue weighted by atomic mass is 9.96. The molecule has 4 rings (SSSR count). The highest BCUT2D eigenvalue weighted by Crippen LogP contribution is 2.43. The first-order valence-electron chi connectivity index (χ1n) is 10.2. The van der Waals surface area contributed by atoms with Gasteiger partial charge >= 0.3 is 6.03 Å². The minimum atomic E-state index is -0.764. The SMILES string of the molecule is CC1CCCN(C(N)=NCc2ccc(N3C(=O)NC(C)(C4CC4)C3=O)cc2)C1.I. The molecule has 1 saturated carbocycles. The summed E-state index contributed by atoms with van der Waals surface area (Å²) in [6, 6.07) is 7.07. The third-order valence-electron chi connectivity index (χ3n) is 6.21. The van der Waals surface area contributed by atoms with Gasteiger partial charge < -0.3 is 16.0 Å². The molecule has 2 aliphatic heterocycles. The van der Waals surface area contributed by atoms with Crippen LogP contribution < -0.4 is 16.0 Å². The van der Waals surface area contributed by atoms with Crippen LogP contribution in [0.25, 0.3) is 0 Å². The Hall–Kier alpha value is -1.84. The number of carbonyl (C=O) groups excluding carboxylic acids is 2. The van der Waals surface area contributed by atoms with Crippen molar-refractivity contribution in [2.24, 2.45) is 22.6 Å². The topological polar surface area (TPSA) is 91.0 Å². The Morgan fingerprint density at radius 2 is 1.93 bits per heavy atom. The zero-order valence-corrected chi connectivity index (χ0v) is 19.4. The van der Waals surface area contributed by atoms with Gasteiger partial charge in [-0.25, -0.2) is 14.7 Å². The molecule has 0 bridgehead atoms. The summed E-state index contributed by atoms with van der Waals surface area (Å²) >= 11 is 0. The number of imide groups is 1. The summed E-state index contributed by atoms with van der Waals surface area (Å²) in [5.74, 6) is 1.33. The lowest BCUT2D eigenvalue weighted by Crippen LogP contribution is -2.46. The highest BCUT2D eigenvalue weighted by molar-refractivity contribution is 14.0. The van der Waals surface area contributed by atoms with E-state index in [2.05, 4.69) is 22.1 Å². The molecule has 3 aliphatic rings. The van der Waals surface area contributed by atoms with E-state index in [0.29, 0.717) is 24.1 Å². The molecule has 7 nitrogen and oxygen atoms in total. The summed E-state index contributed by atoms with van der Waals surface area (Å²) in [6.45, 7) is 6.47. The van der Waals surface area contributed by atoms with Crippen molar-refractivity contribution in [3.8, 4) is 0 Å². The fraction of sp³-hybridized carbons (Fsp3) is 0.571. The number of aliphatic imine (C=N–C) groups is 1. The fourth-order valence-electron chi connectivity index (χ4n) is 4.25. The van der Waals surface area contributed by atoms with E-state index in [1.54, 1.807) is 12.1 Å². The van der Waals surface area contributed by atoms with Crippen molar-refractivity contribution in [2.45, 2.75) is 51.6 Å². The molecule has 3 fully saturated rings. The molecule has 1 aliphatic carbocycles. The number of carbonyl (C=O) groups is 2.